The molecule has 1 aromatic carbocycles. The van der Waals surface area contributed by atoms with Crippen molar-refractivity contribution in [2.75, 3.05) is 5.32 Å². The Morgan fingerprint density at radius 3 is 2.83 bits per heavy atom. The molecule has 0 fully saturated rings. The van der Waals surface area contributed by atoms with Crippen molar-refractivity contribution in [3.05, 3.63) is 65.6 Å². The van der Waals surface area contributed by atoms with E-state index >= 15 is 0 Å². The lowest BCUT2D eigenvalue weighted by Crippen LogP contribution is -2.23. The largest absolute Gasteiger partial charge is 0.465 e. The van der Waals surface area contributed by atoms with E-state index in [0.29, 0.717) is 12.2 Å². The minimum Gasteiger partial charge on any atom is -0.465 e. The third-order valence-corrected chi connectivity index (χ3v) is 4.32. The molecule has 1 atom stereocenters. The van der Waals surface area contributed by atoms with Crippen LogP contribution in [-0.2, 0) is 4.79 Å². The summed E-state index contributed by atoms with van der Waals surface area (Å²) in [5, 5.41) is 10.2. The first-order chi connectivity index (χ1) is 11.7. The molecule has 1 aliphatic rings. The Morgan fingerprint density at radius 2 is 2.08 bits per heavy atom. The van der Waals surface area contributed by atoms with Crippen LogP contribution in [0.2, 0.25) is 0 Å². The fourth-order valence-corrected chi connectivity index (χ4v) is 3.17. The molecule has 120 valence electrons. The van der Waals surface area contributed by atoms with Crippen LogP contribution in [0.4, 0.5) is 5.82 Å². The molecule has 5 nitrogen and oxygen atoms in total. The number of hydrogen-bond donors (Lipinski definition) is 2. The number of amides is 1. The highest BCUT2D eigenvalue weighted by molar-refractivity contribution is 5.96. The number of anilines is 1. The summed E-state index contributed by atoms with van der Waals surface area (Å²) in [6.07, 6.45) is 4.02. The maximum atomic E-state index is 12.1. The molecule has 1 amide bonds. The van der Waals surface area contributed by atoms with E-state index in [1.54, 1.807) is 6.26 Å². The number of hydrogen-bond acceptors (Lipinski definition) is 3. The Balaban J connectivity index is 1.81. The number of rotatable bonds is 3. The van der Waals surface area contributed by atoms with Gasteiger partial charge in [-0.1, -0.05) is 35.9 Å². The number of furan rings is 1. The number of allylic oxidation sites excluding steroid dienone is 1. The van der Waals surface area contributed by atoms with E-state index < -0.39 is 0 Å². The molecule has 4 rings (SSSR count). The molecule has 0 aliphatic carbocycles. The monoisotopic (exact) mass is 319 g/mol. The fourth-order valence-electron chi connectivity index (χ4n) is 3.17. The molecule has 3 heterocycles. The highest BCUT2D eigenvalue weighted by atomic mass is 16.3. The van der Waals surface area contributed by atoms with Gasteiger partial charge in [0.25, 0.3) is 0 Å². The molecule has 0 spiro atoms. The number of H-pyrrole nitrogens is 1. The quantitative estimate of drug-likeness (QED) is 0.760. The standard InChI is InChI=1S/C19H17N3O2/c1-12(10-14-8-5-9-24-14)15-11-16(23)20-19-17(15)18(21-22-19)13-6-3-2-4-7-13/h2-10,15H,11H2,1H3,(H2,20,21,22,23). The molecule has 1 unspecified atom stereocenters. The number of fused-ring (bicyclic) bond motifs is 1. The summed E-state index contributed by atoms with van der Waals surface area (Å²) in [5.74, 6) is 1.34. The van der Waals surface area contributed by atoms with E-state index in [4.69, 9.17) is 4.42 Å². The number of carbonyl (C=O) groups excluding carboxylic acids is 1. The predicted octanol–water partition coefficient (Wildman–Crippen LogP) is 4.20. The molecular formula is C19H17N3O2. The van der Waals surface area contributed by atoms with Gasteiger partial charge in [-0.05, 0) is 30.7 Å². The van der Waals surface area contributed by atoms with Crippen LogP contribution in [0.15, 0.2) is 58.7 Å². The first kappa shape index (κ1) is 14.5. The molecule has 3 aromatic rings. The van der Waals surface area contributed by atoms with Crippen LogP contribution >= 0.6 is 0 Å². The van der Waals surface area contributed by atoms with Crippen LogP contribution in [0.3, 0.4) is 0 Å². The number of benzene rings is 1. The Morgan fingerprint density at radius 1 is 1.25 bits per heavy atom. The molecule has 0 saturated heterocycles. The van der Waals surface area contributed by atoms with Crippen LogP contribution in [0.1, 0.15) is 30.6 Å². The van der Waals surface area contributed by atoms with Crippen molar-refractivity contribution < 1.29 is 9.21 Å². The predicted molar refractivity (Wildman–Crippen MR) is 92.4 cm³/mol. The van der Waals surface area contributed by atoms with Crippen molar-refractivity contribution in [1.29, 1.82) is 0 Å². The second-order valence-electron chi connectivity index (χ2n) is 5.94. The number of nitrogens with zero attached hydrogens (tertiary/aromatic N) is 1. The van der Waals surface area contributed by atoms with Gasteiger partial charge in [-0.2, -0.15) is 5.10 Å². The molecule has 0 saturated carbocycles. The summed E-state index contributed by atoms with van der Waals surface area (Å²) in [7, 11) is 0. The van der Waals surface area contributed by atoms with Gasteiger partial charge in [0.2, 0.25) is 5.91 Å². The second kappa shape index (κ2) is 5.85. The van der Waals surface area contributed by atoms with E-state index in [-0.39, 0.29) is 11.8 Å². The van der Waals surface area contributed by atoms with Crippen LogP contribution in [-0.4, -0.2) is 16.1 Å². The molecule has 0 radical (unpaired) electrons. The summed E-state index contributed by atoms with van der Waals surface area (Å²) in [4.78, 5) is 12.1. The molecule has 24 heavy (non-hydrogen) atoms. The van der Waals surface area contributed by atoms with Gasteiger partial charge >= 0.3 is 0 Å². The molecule has 5 heteroatoms. The average molecular weight is 319 g/mol. The zero-order chi connectivity index (χ0) is 16.5. The van der Waals surface area contributed by atoms with Crippen molar-refractivity contribution >= 4 is 17.8 Å². The smallest absolute Gasteiger partial charge is 0.226 e. The molecule has 2 N–H and O–H groups in total. The first-order valence-corrected chi connectivity index (χ1v) is 7.87. The summed E-state index contributed by atoms with van der Waals surface area (Å²) in [6.45, 7) is 2.03. The molecule has 1 aliphatic heterocycles. The van der Waals surface area contributed by atoms with Gasteiger partial charge in [0.05, 0.1) is 12.0 Å². The maximum Gasteiger partial charge on any atom is 0.226 e. The van der Waals surface area contributed by atoms with Crippen LogP contribution in [0.5, 0.6) is 0 Å². The van der Waals surface area contributed by atoms with Crippen molar-refractivity contribution in [2.45, 2.75) is 19.3 Å². The Bertz CT molecular complexity index is 892. The van der Waals surface area contributed by atoms with Crippen LogP contribution in [0, 0.1) is 0 Å². The number of nitrogens with one attached hydrogen (secondary N) is 2. The fraction of sp³-hybridized carbons (Fsp3) is 0.158. The molecule has 0 bridgehead atoms. The van der Waals surface area contributed by atoms with Crippen molar-refractivity contribution in [3.63, 3.8) is 0 Å². The van der Waals surface area contributed by atoms with E-state index in [1.807, 2.05) is 55.5 Å². The van der Waals surface area contributed by atoms with E-state index in [9.17, 15) is 4.79 Å². The SMILES string of the molecule is CC(=Cc1ccco1)C1CC(=O)Nc2n[nH]c(-c3ccccc3)c21. The number of aromatic nitrogens is 2. The minimum atomic E-state index is -0.0344. The Hall–Kier alpha value is -3.08. The average Bonchev–Trinajstić information content (AvgIpc) is 3.24. The first-order valence-electron chi connectivity index (χ1n) is 7.87. The zero-order valence-corrected chi connectivity index (χ0v) is 13.2. The van der Waals surface area contributed by atoms with Gasteiger partial charge in [-0.15, -0.1) is 0 Å². The summed E-state index contributed by atoms with van der Waals surface area (Å²) in [5.41, 5.74) is 4.10. The van der Waals surface area contributed by atoms with Crippen LogP contribution in [0.25, 0.3) is 17.3 Å². The lowest BCUT2D eigenvalue weighted by molar-refractivity contribution is -0.116. The highest BCUT2D eigenvalue weighted by Gasteiger charge is 2.31. The topological polar surface area (TPSA) is 70.9 Å². The van der Waals surface area contributed by atoms with Gasteiger partial charge in [0, 0.05) is 17.9 Å². The van der Waals surface area contributed by atoms with Gasteiger partial charge < -0.3 is 9.73 Å². The summed E-state index contributed by atoms with van der Waals surface area (Å²) >= 11 is 0. The van der Waals surface area contributed by atoms with E-state index in [1.165, 1.54) is 0 Å². The van der Waals surface area contributed by atoms with Crippen LogP contribution < -0.4 is 5.32 Å². The number of carbonyl (C=O) groups is 1. The third-order valence-electron chi connectivity index (χ3n) is 4.32. The third kappa shape index (κ3) is 2.54. The highest BCUT2D eigenvalue weighted by Crippen LogP contribution is 2.42. The van der Waals surface area contributed by atoms with Gasteiger partial charge in [0.1, 0.15) is 5.76 Å². The van der Waals surface area contributed by atoms with Crippen molar-refractivity contribution in [1.82, 2.24) is 10.2 Å². The van der Waals surface area contributed by atoms with E-state index in [0.717, 1.165) is 28.2 Å². The second-order valence-corrected chi connectivity index (χ2v) is 5.94. The van der Waals surface area contributed by atoms with Gasteiger partial charge in [-0.3, -0.25) is 9.89 Å². The van der Waals surface area contributed by atoms with Gasteiger partial charge in [0.15, 0.2) is 5.82 Å². The van der Waals surface area contributed by atoms with E-state index in [2.05, 4.69) is 15.5 Å². The molecule has 2 aromatic heterocycles. The minimum absolute atomic E-state index is 0.0224. The van der Waals surface area contributed by atoms with Crippen molar-refractivity contribution in [3.8, 4) is 11.3 Å². The lowest BCUT2D eigenvalue weighted by atomic mass is 9.84. The van der Waals surface area contributed by atoms with Gasteiger partial charge in [-0.25, -0.2) is 0 Å². The summed E-state index contributed by atoms with van der Waals surface area (Å²) < 4.78 is 5.41. The number of aromatic amines is 1. The summed E-state index contributed by atoms with van der Waals surface area (Å²) in [6, 6.07) is 13.8. The van der Waals surface area contributed by atoms with Crippen molar-refractivity contribution in [2.24, 2.45) is 0 Å². The molecular weight excluding hydrogens is 302 g/mol. The maximum absolute atomic E-state index is 12.1. The normalized spacial score (nSPS) is 17.5. The Kier molecular flexibility index (Phi) is 3.54. The zero-order valence-electron chi connectivity index (χ0n) is 13.2. The Labute approximate surface area is 139 Å². The lowest BCUT2D eigenvalue weighted by Gasteiger charge is -2.23.